The minimum absolute atomic E-state index is 0.0568. The number of carbonyl (C=O) groups is 2. The Kier molecular flexibility index (Phi) is 6.42. The van der Waals surface area contributed by atoms with Crippen LogP contribution in [0.25, 0.3) is 0 Å². The summed E-state index contributed by atoms with van der Waals surface area (Å²) in [5.74, 6) is -0.135. The highest BCUT2D eigenvalue weighted by atomic mass is 16.5. The zero-order valence-corrected chi connectivity index (χ0v) is 15.6. The van der Waals surface area contributed by atoms with E-state index >= 15 is 0 Å². The van der Waals surface area contributed by atoms with E-state index in [0.717, 1.165) is 31.6 Å². The van der Waals surface area contributed by atoms with Crippen molar-refractivity contribution < 1.29 is 14.3 Å². The second-order valence-electron chi connectivity index (χ2n) is 7.48. The molecule has 25 heavy (non-hydrogen) atoms. The van der Waals surface area contributed by atoms with Crippen LogP contribution in [-0.2, 0) is 9.53 Å². The average molecular weight is 347 g/mol. The van der Waals surface area contributed by atoms with Crippen LogP contribution in [0.4, 0.5) is 5.69 Å². The largest absolute Gasteiger partial charge is 0.375 e. The van der Waals surface area contributed by atoms with E-state index in [4.69, 9.17) is 4.74 Å². The third-order valence-corrected chi connectivity index (χ3v) is 4.11. The number of ether oxygens (including phenoxy) is 1. The van der Waals surface area contributed by atoms with Crippen molar-refractivity contribution in [3.05, 3.63) is 29.8 Å². The molecule has 2 rings (SSSR count). The van der Waals surface area contributed by atoms with E-state index < -0.39 is 0 Å². The molecule has 0 aromatic heterocycles. The number of piperidine rings is 1. The fraction of sp³-hybridized carbons (Fsp3) is 0.579. The number of methoxy groups -OCH3 is 1. The lowest BCUT2D eigenvalue weighted by atomic mass is 10.0. The molecule has 1 heterocycles. The molecule has 1 aromatic rings. The molecule has 1 aromatic carbocycles. The van der Waals surface area contributed by atoms with Crippen LogP contribution in [0.2, 0.25) is 0 Å². The van der Waals surface area contributed by atoms with E-state index in [1.54, 1.807) is 0 Å². The third-order valence-electron chi connectivity index (χ3n) is 4.11. The van der Waals surface area contributed by atoms with Crippen LogP contribution in [0.15, 0.2) is 24.3 Å². The Hall–Kier alpha value is -2.08. The second kappa shape index (κ2) is 8.34. The number of carbonyl (C=O) groups excluding carboxylic acids is 2. The van der Waals surface area contributed by atoms with E-state index in [0.29, 0.717) is 5.56 Å². The number of benzene rings is 1. The summed E-state index contributed by atoms with van der Waals surface area (Å²) < 4.78 is 4.85. The molecule has 1 aliphatic heterocycles. The van der Waals surface area contributed by atoms with Gasteiger partial charge in [-0.2, -0.15) is 0 Å². The molecule has 1 saturated heterocycles. The first-order valence-corrected chi connectivity index (χ1v) is 8.75. The summed E-state index contributed by atoms with van der Waals surface area (Å²) in [6.07, 6.45) is 1.70. The Morgan fingerprint density at radius 2 is 1.84 bits per heavy atom. The van der Waals surface area contributed by atoms with Crippen LogP contribution in [0.5, 0.6) is 0 Å². The minimum atomic E-state index is -0.275. The van der Waals surface area contributed by atoms with Gasteiger partial charge >= 0.3 is 0 Å². The fourth-order valence-electron chi connectivity index (χ4n) is 3.01. The van der Waals surface area contributed by atoms with E-state index in [1.807, 2.05) is 45.0 Å². The maximum Gasteiger partial charge on any atom is 0.253 e. The second-order valence-corrected chi connectivity index (χ2v) is 7.48. The highest BCUT2D eigenvalue weighted by Gasteiger charge is 2.24. The number of nitrogens with one attached hydrogen (secondary N) is 2. The van der Waals surface area contributed by atoms with Crippen molar-refractivity contribution in [2.75, 3.05) is 31.7 Å². The number of hydrogen-bond donors (Lipinski definition) is 2. The quantitative estimate of drug-likeness (QED) is 0.854. The first-order valence-electron chi connectivity index (χ1n) is 8.75. The summed E-state index contributed by atoms with van der Waals surface area (Å²) in [5.41, 5.74) is 1.37. The van der Waals surface area contributed by atoms with Gasteiger partial charge in [-0.1, -0.05) is 12.1 Å². The van der Waals surface area contributed by atoms with Gasteiger partial charge in [0.15, 0.2) is 0 Å². The average Bonchev–Trinajstić information content (AvgIpc) is 2.54. The maximum absolute atomic E-state index is 12.6. The van der Waals surface area contributed by atoms with Crippen LogP contribution in [0, 0.1) is 0 Å². The zero-order valence-electron chi connectivity index (χ0n) is 15.6. The Balaban J connectivity index is 2.01. The topological polar surface area (TPSA) is 70.7 Å². The number of amides is 2. The smallest absolute Gasteiger partial charge is 0.253 e. The van der Waals surface area contributed by atoms with Gasteiger partial charge in [0.05, 0.1) is 5.56 Å². The van der Waals surface area contributed by atoms with Gasteiger partial charge in [-0.05, 0) is 45.7 Å². The summed E-state index contributed by atoms with van der Waals surface area (Å²) in [4.78, 5) is 26.5. The van der Waals surface area contributed by atoms with Crippen LogP contribution >= 0.6 is 0 Å². The molecule has 0 saturated carbocycles. The minimum Gasteiger partial charge on any atom is -0.375 e. The normalized spacial score (nSPS) is 15.8. The van der Waals surface area contributed by atoms with Crippen LogP contribution < -0.4 is 15.5 Å². The number of anilines is 1. The van der Waals surface area contributed by atoms with Crippen LogP contribution in [0.1, 0.15) is 44.0 Å². The van der Waals surface area contributed by atoms with Gasteiger partial charge in [0.25, 0.3) is 5.91 Å². The molecular weight excluding hydrogens is 318 g/mol. The summed E-state index contributed by atoms with van der Waals surface area (Å²) in [6.45, 7) is 7.62. The van der Waals surface area contributed by atoms with Crippen molar-refractivity contribution in [2.45, 2.75) is 45.2 Å². The molecule has 0 spiro atoms. The van der Waals surface area contributed by atoms with Gasteiger partial charge in [-0.25, -0.2) is 0 Å². The monoisotopic (exact) mass is 347 g/mol. The fourth-order valence-corrected chi connectivity index (χ4v) is 3.01. The Bertz CT molecular complexity index is 602. The molecule has 0 bridgehead atoms. The molecule has 138 valence electrons. The van der Waals surface area contributed by atoms with Gasteiger partial charge in [-0.3, -0.25) is 9.59 Å². The Morgan fingerprint density at radius 3 is 2.44 bits per heavy atom. The number of para-hydroxylation sites is 1. The lowest BCUT2D eigenvalue weighted by Crippen LogP contribution is -2.46. The molecule has 0 unspecified atom stereocenters. The van der Waals surface area contributed by atoms with Crippen molar-refractivity contribution in [3.63, 3.8) is 0 Å². The van der Waals surface area contributed by atoms with Crippen molar-refractivity contribution in [2.24, 2.45) is 0 Å². The lowest BCUT2D eigenvalue weighted by Gasteiger charge is -2.35. The first kappa shape index (κ1) is 19.2. The van der Waals surface area contributed by atoms with Crippen molar-refractivity contribution in [3.8, 4) is 0 Å². The molecule has 0 radical (unpaired) electrons. The first-order chi connectivity index (χ1) is 11.8. The molecule has 1 fully saturated rings. The number of rotatable bonds is 5. The standard InChI is InChI=1S/C19H29N3O3/c1-19(2,3)21-18(24)15-7-5-6-8-16(15)22-11-9-14(10-12-22)20-17(23)13-25-4/h5-8,14H,9-13H2,1-4H3,(H,20,23)(H,21,24). The molecule has 2 N–H and O–H groups in total. The number of nitrogens with zero attached hydrogens (tertiary/aromatic N) is 1. The zero-order chi connectivity index (χ0) is 18.4. The van der Waals surface area contributed by atoms with Crippen molar-refractivity contribution in [1.29, 1.82) is 0 Å². The highest BCUT2D eigenvalue weighted by Crippen LogP contribution is 2.24. The van der Waals surface area contributed by atoms with Gasteiger partial charge in [0.1, 0.15) is 6.61 Å². The van der Waals surface area contributed by atoms with E-state index in [9.17, 15) is 9.59 Å². The van der Waals surface area contributed by atoms with E-state index in [1.165, 1.54) is 7.11 Å². The maximum atomic E-state index is 12.6. The summed E-state index contributed by atoms with van der Waals surface area (Å²) >= 11 is 0. The highest BCUT2D eigenvalue weighted by molar-refractivity contribution is 6.00. The molecule has 0 atom stereocenters. The Labute approximate surface area is 149 Å². The van der Waals surface area contributed by atoms with E-state index in [2.05, 4.69) is 15.5 Å². The lowest BCUT2D eigenvalue weighted by molar-refractivity contribution is -0.125. The number of hydrogen-bond acceptors (Lipinski definition) is 4. The SMILES string of the molecule is COCC(=O)NC1CCN(c2ccccc2C(=O)NC(C)(C)C)CC1. The van der Waals surface area contributed by atoms with Gasteiger partial charge in [-0.15, -0.1) is 0 Å². The van der Waals surface area contributed by atoms with Gasteiger partial charge in [0.2, 0.25) is 5.91 Å². The summed E-state index contributed by atoms with van der Waals surface area (Å²) in [5, 5.41) is 6.02. The van der Waals surface area contributed by atoms with Gasteiger partial charge < -0.3 is 20.3 Å². The van der Waals surface area contributed by atoms with Crippen molar-refractivity contribution in [1.82, 2.24) is 10.6 Å². The molecule has 6 heteroatoms. The molecule has 0 aliphatic carbocycles. The van der Waals surface area contributed by atoms with Gasteiger partial charge in [0, 0.05) is 37.5 Å². The third kappa shape index (κ3) is 5.74. The predicted octanol–water partition coefficient (Wildman–Crippen LogP) is 1.95. The Morgan fingerprint density at radius 1 is 1.20 bits per heavy atom. The van der Waals surface area contributed by atoms with Crippen molar-refractivity contribution >= 4 is 17.5 Å². The van der Waals surface area contributed by atoms with E-state index in [-0.39, 0.29) is 30.0 Å². The van der Waals surface area contributed by atoms with Crippen LogP contribution in [0.3, 0.4) is 0 Å². The molecular formula is C19H29N3O3. The summed E-state index contributed by atoms with van der Waals surface area (Å²) in [6, 6.07) is 7.85. The predicted molar refractivity (Wildman–Crippen MR) is 98.9 cm³/mol. The molecule has 1 aliphatic rings. The molecule has 2 amide bonds. The molecule has 6 nitrogen and oxygen atoms in total. The van der Waals surface area contributed by atoms with Crippen LogP contribution in [-0.4, -0.2) is 50.2 Å². The summed E-state index contributed by atoms with van der Waals surface area (Å²) in [7, 11) is 1.52.